The Morgan fingerprint density at radius 3 is 2.76 bits per heavy atom. The van der Waals surface area contributed by atoms with Crippen molar-refractivity contribution >= 4 is 39.6 Å². The first-order valence-electron chi connectivity index (χ1n) is 8.36. The fraction of sp³-hybridized carbons (Fsp3) is 0.529. The maximum absolute atomic E-state index is 11.7. The van der Waals surface area contributed by atoms with Crippen molar-refractivity contribution in [3.8, 4) is 0 Å². The third kappa shape index (κ3) is 6.08. The molecule has 2 N–H and O–H groups in total. The van der Waals surface area contributed by atoms with Crippen molar-refractivity contribution in [2.45, 2.75) is 32.4 Å². The van der Waals surface area contributed by atoms with Crippen molar-refractivity contribution < 1.29 is 9.53 Å². The Kier molecular flexibility index (Phi) is 7.84. The molecule has 0 saturated carbocycles. The summed E-state index contributed by atoms with van der Waals surface area (Å²) < 4.78 is 6.00. The lowest BCUT2D eigenvalue weighted by Crippen LogP contribution is -2.49. The molecule has 0 aliphatic carbocycles. The molecule has 1 aliphatic heterocycles. The van der Waals surface area contributed by atoms with Gasteiger partial charge < -0.3 is 20.3 Å². The van der Waals surface area contributed by atoms with E-state index < -0.39 is 0 Å². The number of aliphatic imine (C=N–C) groups is 1. The van der Waals surface area contributed by atoms with Crippen molar-refractivity contribution in [1.29, 1.82) is 0 Å². The van der Waals surface area contributed by atoms with Crippen LogP contribution >= 0.6 is 27.5 Å². The molecule has 138 valence electrons. The first kappa shape index (κ1) is 19.8. The second-order valence-corrected chi connectivity index (χ2v) is 7.09. The van der Waals surface area contributed by atoms with E-state index in [9.17, 15) is 4.79 Å². The zero-order valence-corrected chi connectivity index (χ0v) is 16.9. The van der Waals surface area contributed by atoms with E-state index in [1.165, 1.54) is 0 Å². The Balaban J connectivity index is 1.80. The second-order valence-electron chi connectivity index (χ2n) is 5.77. The van der Waals surface area contributed by atoms with Crippen LogP contribution in [0.25, 0.3) is 0 Å². The number of guanidine groups is 1. The number of piperidine rings is 1. The molecule has 1 aromatic carbocycles. The maximum Gasteiger partial charge on any atom is 0.409 e. The van der Waals surface area contributed by atoms with Crippen molar-refractivity contribution in [1.82, 2.24) is 15.5 Å². The summed E-state index contributed by atoms with van der Waals surface area (Å²) in [6, 6.07) is 6.09. The molecule has 1 saturated heterocycles. The van der Waals surface area contributed by atoms with Gasteiger partial charge in [0.2, 0.25) is 0 Å². The van der Waals surface area contributed by atoms with Gasteiger partial charge >= 0.3 is 6.09 Å². The van der Waals surface area contributed by atoms with E-state index in [-0.39, 0.29) is 12.1 Å². The number of benzene rings is 1. The minimum absolute atomic E-state index is 0.228. The van der Waals surface area contributed by atoms with Crippen molar-refractivity contribution in [3.63, 3.8) is 0 Å². The van der Waals surface area contributed by atoms with Crippen LogP contribution in [-0.4, -0.2) is 49.7 Å². The third-order valence-electron chi connectivity index (χ3n) is 4.05. The Morgan fingerprint density at radius 2 is 2.16 bits per heavy atom. The highest BCUT2D eigenvalue weighted by atomic mass is 79.9. The fourth-order valence-electron chi connectivity index (χ4n) is 2.65. The summed E-state index contributed by atoms with van der Waals surface area (Å²) in [4.78, 5) is 17.7. The number of ether oxygens (including phenoxy) is 1. The second kappa shape index (κ2) is 9.87. The van der Waals surface area contributed by atoms with Gasteiger partial charge in [0, 0.05) is 42.2 Å². The molecule has 0 unspecified atom stereocenters. The predicted octanol–water partition coefficient (Wildman–Crippen LogP) is 3.39. The molecule has 8 heteroatoms. The lowest BCUT2D eigenvalue weighted by Gasteiger charge is -2.32. The Bertz CT molecular complexity index is 619. The number of nitrogens with one attached hydrogen (secondary N) is 2. The smallest absolute Gasteiger partial charge is 0.409 e. The largest absolute Gasteiger partial charge is 0.450 e. The van der Waals surface area contributed by atoms with Crippen molar-refractivity contribution in [2.24, 2.45) is 4.99 Å². The third-order valence-corrected chi connectivity index (χ3v) is 4.89. The van der Waals surface area contributed by atoms with Gasteiger partial charge in [0.05, 0.1) is 6.61 Å². The molecule has 1 aromatic rings. The zero-order chi connectivity index (χ0) is 18.2. The van der Waals surface area contributed by atoms with Crippen LogP contribution < -0.4 is 10.6 Å². The average molecular weight is 432 g/mol. The van der Waals surface area contributed by atoms with Crippen LogP contribution in [0.2, 0.25) is 5.02 Å². The van der Waals surface area contributed by atoms with Gasteiger partial charge in [0.25, 0.3) is 0 Å². The average Bonchev–Trinajstić information content (AvgIpc) is 2.60. The molecule has 1 fully saturated rings. The molecule has 0 atom stereocenters. The first-order valence-corrected chi connectivity index (χ1v) is 9.53. The summed E-state index contributed by atoms with van der Waals surface area (Å²) in [5.41, 5.74) is 1.00. The Morgan fingerprint density at radius 1 is 1.44 bits per heavy atom. The Hall–Kier alpha value is -1.47. The number of amides is 1. The van der Waals surface area contributed by atoms with Crippen LogP contribution in [0.15, 0.2) is 27.7 Å². The van der Waals surface area contributed by atoms with Gasteiger partial charge in [0.15, 0.2) is 5.96 Å². The highest BCUT2D eigenvalue weighted by Gasteiger charge is 2.24. The van der Waals surface area contributed by atoms with Gasteiger partial charge in [-0.15, -0.1) is 0 Å². The molecule has 1 heterocycles. The standard InChI is InChI=1S/C17H24BrClN4O2/c1-3-25-17(24)23-8-6-14(7-9-23)22-16(20-2)21-11-12-4-5-13(18)10-15(12)19/h4-5,10,14H,3,6-9,11H2,1-2H3,(H2,20,21,22). The van der Waals surface area contributed by atoms with Gasteiger partial charge in [-0.1, -0.05) is 33.6 Å². The summed E-state index contributed by atoms with van der Waals surface area (Å²) in [6.07, 6.45) is 1.49. The SMILES string of the molecule is CCOC(=O)N1CCC(NC(=NC)NCc2ccc(Br)cc2Cl)CC1. The van der Waals surface area contributed by atoms with Crippen LogP contribution in [0.4, 0.5) is 4.79 Å². The maximum atomic E-state index is 11.7. The number of nitrogens with zero attached hydrogens (tertiary/aromatic N) is 2. The molecule has 0 radical (unpaired) electrons. The van der Waals surface area contributed by atoms with Gasteiger partial charge in [-0.3, -0.25) is 4.99 Å². The first-order chi connectivity index (χ1) is 12.0. The molecule has 1 amide bonds. The quantitative estimate of drug-likeness (QED) is 0.566. The van der Waals surface area contributed by atoms with Gasteiger partial charge in [-0.2, -0.15) is 0 Å². The highest BCUT2D eigenvalue weighted by Crippen LogP contribution is 2.21. The minimum Gasteiger partial charge on any atom is -0.450 e. The predicted molar refractivity (Wildman–Crippen MR) is 104 cm³/mol. The Labute approximate surface area is 162 Å². The number of hydrogen-bond acceptors (Lipinski definition) is 3. The van der Waals surface area contributed by atoms with Crippen LogP contribution in [-0.2, 0) is 11.3 Å². The summed E-state index contributed by atoms with van der Waals surface area (Å²) in [7, 11) is 1.74. The van der Waals surface area contributed by atoms with Crippen LogP contribution in [0.5, 0.6) is 0 Å². The normalized spacial score (nSPS) is 15.8. The molecule has 0 bridgehead atoms. The van der Waals surface area contributed by atoms with E-state index in [1.54, 1.807) is 11.9 Å². The lowest BCUT2D eigenvalue weighted by molar-refractivity contribution is 0.0963. The van der Waals surface area contributed by atoms with E-state index >= 15 is 0 Å². The molecule has 6 nitrogen and oxygen atoms in total. The lowest BCUT2D eigenvalue weighted by atomic mass is 10.1. The van der Waals surface area contributed by atoms with Gasteiger partial charge in [-0.25, -0.2) is 4.79 Å². The number of rotatable bonds is 4. The topological polar surface area (TPSA) is 66.0 Å². The van der Waals surface area contributed by atoms with E-state index in [2.05, 4.69) is 31.6 Å². The van der Waals surface area contributed by atoms with Crippen LogP contribution in [0, 0.1) is 0 Å². The minimum atomic E-state index is -0.228. The number of halogens is 2. The van der Waals surface area contributed by atoms with Gasteiger partial charge in [-0.05, 0) is 37.5 Å². The molecule has 0 spiro atoms. The summed E-state index contributed by atoms with van der Waals surface area (Å²) in [6.45, 7) is 4.19. The molecule has 0 aromatic heterocycles. The zero-order valence-electron chi connectivity index (χ0n) is 14.5. The molecule has 25 heavy (non-hydrogen) atoms. The van der Waals surface area contributed by atoms with Crippen molar-refractivity contribution in [2.75, 3.05) is 26.7 Å². The van der Waals surface area contributed by atoms with E-state index in [1.807, 2.05) is 25.1 Å². The van der Waals surface area contributed by atoms with Crippen LogP contribution in [0.3, 0.4) is 0 Å². The monoisotopic (exact) mass is 430 g/mol. The number of hydrogen-bond donors (Lipinski definition) is 2. The van der Waals surface area contributed by atoms with Crippen LogP contribution in [0.1, 0.15) is 25.3 Å². The summed E-state index contributed by atoms with van der Waals surface area (Å²) >= 11 is 9.64. The van der Waals surface area contributed by atoms with E-state index in [0.29, 0.717) is 31.3 Å². The highest BCUT2D eigenvalue weighted by molar-refractivity contribution is 9.10. The number of carbonyl (C=O) groups excluding carboxylic acids is 1. The molecular formula is C17H24BrClN4O2. The van der Waals surface area contributed by atoms with E-state index in [0.717, 1.165) is 28.8 Å². The fourth-order valence-corrected chi connectivity index (χ4v) is 3.39. The molecular weight excluding hydrogens is 408 g/mol. The van der Waals surface area contributed by atoms with Crippen molar-refractivity contribution in [3.05, 3.63) is 33.3 Å². The molecule has 1 aliphatic rings. The summed E-state index contributed by atoms with van der Waals surface area (Å²) in [5.74, 6) is 0.730. The van der Waals surface area contributed by atoms with Gasteiger partial charge in [0.1, 0.15) is 0 Å². The van der Waals surface area contributed by atoms with E-state index in [4.69, 9.17) is 16.3 Å². The number of likely N-dealkylation sites (tertiary alicyclic amines) is 1. The number of carbonyl (C=O) groups is 1. The molecule has 2 rings (SSSR count). The summed E-state index contributed by atoms with van der Waals surface area (Å²) in [5, 5.41) is 7.40.